The third-order valence-corrected chi connectivity index (χ3v) is 5.44. The third kappa shape index (κ3) is 3.93. The highest BCUT2D eigenvalue weighted by Crippen LogP contribution is 2.43. The van der Waals surface area contributed by atoms with E-state index in [-0.39, 0.29) is 11.6 Å². The molecule has 2 aromatic rings. The molecule has 134 valence electrons. The number of ether oxygens (including phenoxy) is 1. The Labute approximate surface area is 155 Å². The van der Waals surface area contributed by atoms with Gasteiger partial charge in [0, 0.05) is 24.3 Å². The van der Waals surface area contributed by atoms with Crippen molar-refractivity contribution in [2.75, 3.05) is 18.3 Å². The lowest BCUT2D eigenvalue weighted by molar-refractivity contribution is -0.178. The molecule has 1 aliphatic rings. The fraction of sp³-hybridized carbons (Fsp3) is 0.429. The van der Waals surface area contributed by atoms with Crippen LogP contribution in [0.1, 0.15) is 27.2 Å². The van der Waals surface area contributed by atoms with Crippen molar-refractivity contribution in [2.45, 2.75) is 38.8 Å². The van der Waals surface area contributed by atoms with Crippen LogP contribution >= 0.6 is 11.8 Å². The lowest BCUT2D eigenvalue weighted by Gasteiger charge is -2.45. The normalized spacial score (nSPS) is 18.9. The minimum Gasteiger partial charge on any atom is -0.365 e. The van der Waals surface area contributed by atoms with Gasteiger partial charge in [-0.2, -0.15) is 4.84 Å². The highest BCUT2D eigenvalue weighted by atomic mass is 32.2. The van der Waals surface area contributed by atoms with Crippen LogP contribution in [0.5, 0.6) is 0 Å². The molecule has 0 radical (unpaired) electrons. The lowest BCUT2D eigenvalue weighted by Crippen LogP contribution is -2.58. The van der Waals surface area contributed by atoms with Crippen molar-refractivity contribution in [2.24, 2.45) is 0 Å². The molecule has 0 saturated carbocycles. The first-order chi connectivity index (χ1) is 12.0. The van der Waals surface area contributed by atoms with Gasteiger partial charge in [0.1, 0.15) is 12.1 Å². The fourth-order valence-electron chi connectivity index (χ4n) is 3.37. The largest absolute Gasteiger partial charge is 0.365 e. The summed E-state index contributed by atoms with van der Waals surface area (Å²) >= 11 is 1.85. The monoisotopic (exact) mass is 358 g/mol. The second kappa shape index (κ2) is 7.92. The molecule has 3 rings (SSSR count). The minimum absolute atomic E-state index is 0.161. The van der Waals surface area contributed by atoms with Crippen molar-refractivity contribution < 1.29 is 9.57 Å². The Balaban J connectivity index is 2.02. The van der Waals surface area contributed by atoms with Crippen LogP contribution in [0.15, 0.2) is 60.7 Å². The number of benzene rings is 2. The SMILES string of the molecule is CC(C)(C)[N+](OCC1CCSCO1)(c1ccccc1)c1ccccc1. The molecule has 25 heavy (non-hydrogen) atoms. The van der Waals surface area contributed by atoms with Gasteiger partial charge in [-0.1, -0.05) is 36.4 Å². The van der Waals surface area contributed by atoms with Crippen molar-refractivity contribution in [1.82, 2.24) is 4.65 Å². The van der Waals surface area contributed by atoms with Crippen molar-refractivity contribution >= 4 is 23.1 Å². The Kier molecular flexibility index (Phi) is 5.85. The van der Waals surface area contributed by atoms with Gasteiger partial charge in [0.25, 0.3) is 0 Å². The molecule has 1 heterocycles. The van der Waals surface area contributed by atoms with Crippen molar-refractivity contribution in [3.05, 3.63) is 60.7 Å². The molecule has 1 aliphatic heterocycles. The van der Waals surface area contributed by atoms with E-state index in [0.29, 0.717) is 11.3 Å². The predicted octanol–water partition coefficient (Wildman–Crippen LogP) is 5.54. The van der Waals surface area contributed by atoms with E-state index in [2.05, 4.69) is 69.3 Å². The predicted molar refractivity (Wildman–Crippen MR) is 107 cm³/mol. The van der Waals surface area contributed by atoms with Crippen LogP contribution in [0.25, 0.3) is 0 Å². The molecular formula is C21H28NO2S+. The molecule has 0 spiro atoms. The van der Waals surface area contributed by atoms with Gasteiger partial charge < -0.3 is 4.74 Å². The number of quaternary nitrogens is 1. The Morgan fingerprint density at radius 3 is 2.00 bits per heavy atom. The number of hydrogen-bond acceptors (Lipinski definition) is 3. The van der Waals surface area contributed by atoms with Crippen LogP contribution < -0.4 is 4.65 Å². The van der Waals surface area contributed by atoms with E-state index in [1.54, 1.807) is 0 Å². The van der Waals surface area contributed by atoms with Crippen LogP contribution in [0.4, 0.5) is 11.4 Å². The quantitative estimate of drug-likeness (QED) is 0.517. The van der Waals surface area contributed by atoms with Gasteiger partial charge in [-0.25, -0.2) is 0 Å². The van der Waals surface area contributed by atoms with E-state index in [1.165, 1.54) is 0 Å². The fourth-order valence-corrected chi connectivity index (χ4v) is 4.21. The first kappa shape index (κ1) is 18.5. The summed E-state index contributed by atoms with van der Waals surface area (Å²) in [5.74, 6) is 1.90. The van der Waals surface area contributed by atoms with Crippen molar-refractivity contribution in [1.29, 1.82) is 0 Å². The maximum absolute atomic E-state index is 6.71. The van der Waals surface area contributed by atoms with E-state index >= 15 is 0 Å². The number of para-hydroxylation sites is 2. The third-order valence-electron chi connectivity index (χ3n) is 4.61. The van der Waals surface area contributed by atoms with Gasteiger partial charge in [0.05, 0.1) is 12.0 Å². The van der Waals surface area contributed by atoms with E-state index in [0.717, 1.165) is 29.5 Å². The molecule has 1 unspecified atom stereocenters. The summed E-state index contributed by atoms with van der Waals surface area (Å²) in [7, 11) is 0. The maximum Gasteiger partial charge on any atom is 0.171 e. The van der Waals surface area contributed by atoms with Crippen LogP contribution in [-0.4, -0.2) is 29.9 Å². The zero-order chi connectivity index (χ0) is 17.8. The number of hydroxylamine groups is 1. The summed E-state index contributed by atoms with van der Waals surface area (Å²) in [6.07, 6.45) is 1.20. The average Bonchev–Trinajstić information content (AvgIpc) is 2.64. The van der Waals surface area contributed by atoms with Gasteiger partial charge in [-0.15, -0.1) is 16.4 Å². The average molecular weight is 359 g/mol. The van der Waals surface area contributed by atoms with E-state index < -0.39 is 0 Å². The number of thioether (sulfide) groups is 1. The summed E-state index contributed by atoms with van der Waals surface area (Å²) < 4.78 is 6.23. The van der Waals surface area contributed by atoms with Crippen LogP contribution in [0, 0.1) is 0 Å². The van der Waals surface area contributed by atoms with E-state index in [1.807, 2.05) is 23.9 Å². The van der Waals surface area contributed by atoms with Gasteiger partial charge >= 0.3 is 0 Å². The lowest BCUT2D eigenvalue weighted by atomic mass is 10.0. The highest BCUT2D eigenvalue weighted by molar-refractivity contribution is 7.99. The molecular weight excluding hydrogens is 330 g/mol. The molecule has 0 aliphatic carbocycles. The number of hydrogen-bond donors (Lipinski definition) is 0. The molecule has 2 aromatic carbocycles. The summed E-state index contributed by atoms with van der Waals surface area (Å²) in [5.41, 5.74) is 2.09. The zero-order valence-electron chi connectivity index (χ0n) is 15.4. The van der Waals surface area contributed by atoms with E-state index in [9.17, 15) is 0 Å². The second-order valence-corrected chi connectivity index (χ2v) is 8.40. The molecule has 3 nitrogen and oxygen atoms in total. The maximum atomic E-state index is 6.71. The molecule has 0 bridgehead atoms. The van der Waals surface area contributed by atoms with E-state index in [4.69, 9.17) is 9.57 Å². The van der Waals surface area contributed by atoms with Gasteiger partial charge in [0.15, 0.2) is 11.4 Å². The minimum atomic E-state index is -0.174. The molecule has 1 atom stereocenters. The topological polar surface area (TPSA) is 18.5 Å². The Bertz CT molecular complexity index is 609. The standard InChI is InChI=1S/C21H28NO2S/c1-21(2,3)22(18-10-6-4-7-11-18,19-12-8-5-9-13-19)24-16-20-14-15-25-17-23-20/h4-13,20H,14-17H2,1-3H3/q+1. The van der Waals surface area contributed by atoms with Crippen molar-refractivity contribution in [3.8, 4) is 0 Å². The summed E-state index contributed by atoms with van der Waals surface area (Å²) in [6, 6.07) is 21.0. The van der Waals surface area contributed by atoms with Crippen molar-refractivity contribution in [3.63, 3.8) is 0 Å². The first-order valence-corrected chi connectivity index (χ1v) is 10.0. The second-order valence-electron chi connectivity index (χ2n) is 7.35. The van der Waals surface area contributed by atoms with Gasteiger partial charge in [0.2, 0.25) is 0 Å². The Hall–Kier alpha value is -1.33. The molecule has 0 aromatic heterocycles. The summed E-state index contributed by atoms with van der Waals surface area (Å²) in [6.45, 7) is 7.27. The smallest absolute Gasteiger partial charge is 0.171 e. The summed E-state index contributed by atoms with van der Waals surface area (Å²) in [4.78, 5) is 6.71. The molecule has 1 saturated heterocycles. The molecule has 4 heteroatoms. The summed E-state index contributed by atoms with van der Waals surface area (Å²) in [5, 5.41) is 0. The van der Waals surface area contributed by atoms with Crippen LogP contribution in [-0.2, 0) is 9.57 Å². The van der Waals surface area contributed by atoms with Crippen LogP contribution in [0.3, 0.4) is 0 Å². The first-order valence-electron chi connectivity index (χ1n) is 8.88. The zero-order valence-corrected chi connectivity index (χ0v) is 16.2. The molecule has 0 amide bonds. The molecule has 1 fully saturated rings. The number of rotatable bonds is 5. The Morgan fingerprint density at radius 2 is 1.56 bits per heavy atom. The van der Waals surface area contributed by atoms with Gasteiger partial charge in [-0.3, -0.25) is 0 Å². The number of nitrogens with zero attached hydrogens (tertiary/aromatic N) is 1. The molecule has 0 N–H and O–H groups in total. The Morgan fingerprint density at radius 1 is 1.00 bits per heavy atom. The van der Waals surface area contributed by atoms with Crippen LogP contribution in [0.2, 0.25) is 0 Å². The van der Waals surface area contributed by atoms with Gasteiger partial charge in [-0.05, 0) is 32.9 Å². The highest BCUT2D eigenvalue weighted by Gasteiger charge is 2.48.